The van der Waals surface area contributed by atoms with Crippen LogP contribution < -0.4 is 4.90 Å². The van der Waals surface area contributed by atoms with Gasteiger partial charge in [-0.25, -0.2) is 0 Å². The Balaban J connectivity index is 1.15. The number of amides is 2. The van der Waals surface area contributed by atoms with E-state index in [9.17, 15) is 9.59 Å². The number of carbonyl (C=O) groups is 2. The third-order valence-electron chi connectivity index (χ3n) is 7.49. The van der Waals surface area contributed by atoms with Crippen LogP contribution in [0.3, 0.4) is 0 Å². The van der Waals surface area contributed by atoms with Crippen molar-refractivity contribution in [2.24, 2.45) is 5.92 Å². The Morgan fingerprint density at radius 1 is 0.971 bits per heavy atom. The molecule has 1 aromatic carbocycles. The van der Waals surface area contributed by atoms with Crippen molar-refractivity contribution in [1.29, 1.82) is 0 Å². The summed E-state index contributed by atoms with van der Waals surface area (Å²) in [5, 5.41) is 8.86. The SMILES string of the molecule is Cc1ccc(-c2ccc(N3CCN(C(=O)CN(C[C@@H]4CCCO4)C(=O)C4CCC4)CC3)nn2)cc1. The van der Waals surface area contributed by atoms with Gasteiger partial charge in [0, 0.05) is 50.8 Å². The highest BCUT2D eigenvalue weighted by Crippen LogP contribution is 2.29. The van der Waals surface area contributed by atoms with Crippen molar-refractivity contribution in [3.05, 3.63) is 42.0 Å². The van der Waals surface area contributed by atoms with E-state index in [1.54, 1.807) is 4.90 Å². The highest BCUT2D eigenvalue weighted by atomic mass is 16.5. The zero-order valence-corrected chi connectivity index (χ0v) is 20.6. The molecule has 1 saturated carbocycles. The number of aromatic nitrogens is 2. The second-order valence-corrected chi connectivity index (χ2v) is 9.99. The van der Waals surface area contributed by atoms with Crippen molar-refractivity contribution in [3.8, 4) is 11.3 Å². The van der Waals surface area contributed by atoms with Gasteiger partial charge in [-0.2, -0.15) is 0 Å². The quantitative estimate of drug-likeness (QED) is 0.610. The van der Waals surface area contributed by atoms with E-state index in [1.165, 1.54) is 5.56 Å². The number of hydrogen-bond donors (Lipinski definition) is 0. The molecule has 1 aromatic heterocycles. The van der Waals surface area contributed by atoms with Gasteiger partial charge in [-0.15, -0.1) is 10.2 Å². The highest BCUT2D eigenvalue weighted by molar-refractivity contribution is 5.86. The summed E-state index contributed by atoms with van der Waals surface area (Å²) < 4.78 is 5.76. The van der Waals surface area contributed by atoms with Gasteiger partial charge in [0.05, 0.1) is 18.3 Å². The maximum absolute atomic E-state index is 13.1. The van der Waals surface area contributed by atoms with Gasteiger partial charge in [-0.3, -0.25) is 9.59 Å². The predicted molar refractivity (Wildman–Crippen MR) is 134 cm³/mol. The Labute approximate surface area is 207 Å². The van der Waals surface area contributed by atoms with Crippen molar-refractivity contribution < 1.29 is 14.3 Å². The number of benzene rings is 1. The average Bonchev–Trinajstić information content (AvgIpc) is 3.36. The monoisotopic (exact) mass is 477 g/mol. The Kier molecular flexibility index (Phi) is 7.27. The van der Waals surface area contributed by atoms with Crippen LogP contribution in [0.25, 0.3) is 11.3 Å². The standard InChI is InChI=1S/C27H35N5O3/c1-20-7-9-21(10-8-20)24-11-12-25(29-28-24)30-13-15-31(16-14-30)26(33)19-32(18-23-6-3-17-35-23)27(34)22-4-2-5-22/h7-12,22-23H,2-6,13-19H2,1H3/t23-/m0/s1. The van der Waals surface area contributed by atoms with Crippen LogP contribution in [-0.4, -0.2) is 83.8 Å². The number of carbonyl (C=O) groups excluding carboxylic acids is 2. The number of piperazine rings is 1. The van der Waals surface area contributed by atoms with E-state index in [4.69, 9.17) is 4.74 Å². The van der Waals surface area contributed by atoms with Crippen LogP contribution in [0.5, 0.6) is 0 Å². The number of aryl methyl sites for hydroxylation is 1. The molecule has 3 heterocycles. The van der Waals surface area contributed by atoms with Crippen molar-refractivity contribution in [1.82, 2.24) is 20.0 Å². The minimum absolute atomic E-state index is 0.0242. The molecule has 3 fully saturated rings. The number of nitrogens with zero attached hydrogens (tertiary/aromatic N) is 5. The van der Waals surface area contributed by atoms with Crippen LogP contribution in [0.15, 0.2) is 36.4 Å². The lowest BCUT2D eigenvalue weighted by atomic mass is 9.84. The molecule has 2 saturated heterocycles. The third kappa shape index (κ3) is 5.64. The van der Waals surface area contributed by atoms with E-state index in [1.807, 2.05) is 17.0 Å². The normalized spacial score (nSPS) is 20.5. The molecular weight excluding hydrogens is 442 g/mol. The lowest BCUT2D eigenvalue weighted by Gasteiger charge is -2.37. The summed E-state index contributed by atoms with van der Waals surface area (Å²) in [5.41, 5.74) is 3.12. The van der Waals surface area contributed by atoms with Crippen molar-refractivity contribution in [2.45, 2.75) is 45.1 Å². The maximum Gasteiger partial charge on any atom is 0.242 e. The van der Waals surface area contributed by atoms with Crippen LogP contribution >= 0.6 is 0 Å². The lowest BCUT2D eigenvalue weighted by Crippen LogP contribution is -2.53. The first-order valence-corrected chi connectivity index (χ1v) is 12.9. The molecule has 35 heavy (non-hydrogen) atoms. The summed E-state index contributed by atoms with van der Waals surface area (Å²) >= 11 is 0. The van der Waals surface area contributed by atoms with Gasteiger partial charge in [-0.1, -0.05) is 36.2 Å². The fourth-order valence-electron chi connectivity index (χ4n) is 5.00. The van der Waals surface area contributed by atoms with Crippen LogP contribution in [0.1, 0.15) is 37.7 Å². The molecule has 0 spiro atoms. The molecule has 8 heteroatoms. The molecular formula is C27H35N5O3. The average molecular weight is 478 g/mol. The summed E-state index contributed by atoms with van der Waals surface area (Å²) in [5.74, 6) is 1.06. The summed E-state index contributed by atoms with van der Waals surface area (Å²) in [6.07, 6.45) is 5.04. The minimum Gasteiger partial charge on any atom is -0.376 e. The maximum atomic E-state index is 13.1. The highest BCUT2D eigenvalue weighted by Gasteiger charge is 2.33. The summed E-state index contributed by atoms with van der Waals surface area (Å²) in [6.45, 7) is 6.14. The fraction of sp³-hybridized carbons (Fsp3) is 0.556. The molecule has 8 nitrogen and oxygen atoms in total. The Hall–Kier alpha value is -3.00. The van der Waals surface area contributed by atoms with Gasteiger partial charge in [0.25, 0.3) is 0 Å². The zero-order chi connectivity index (χ0) is 24.2. The van der Waals surface area contributed by atoms with Gasteiger partial charge in [0.1, 0.15) is 0 Å². The topological polar surface area (TPSA) is 78.9 Å². The lowest BCUT2D eigenvalue weighted by molar-refractivity contribution is -0.146. The van der Waals surface area contributed by atoms with Crippen LogP contribution in [0, 0.1) is 12.8 Å². The van der Waals surface area contributed by atoms with Crippen molar-refractivity contribution in [3.63, 3.8) is 0 Å². The first kappa shape index (κ1) is 23.7. The van der Waals surface area contributed by atoms with E-state index in [0.29, 0.717) is 32.7 Å². The molecule has 0 N–H and O–H groups in total. The van der Waals surface area contributed by atoms with E-state index in [-0.39, 0.29) is 30.4 Å². The van der Waals surface area contributed by atoms with E-state index in [0.717, 1.165) is 55.8 Å². The molecule has 2 aromatic rings. The predicted octanol–water partition coefficient (Wildman–Crippen LogP) is 2.91. The Bertz CT molecular complexity index is 1010. The first-order chi connectivity index (χ1) is 17.1. The van der Waals surface area contributed by atoms with E-state index < -0.39 is 0 Å². The Morgan fingerprint density at radius 2 is 1.74 bits per heavy atom. The molecule has 3 aliphatic rings. The van der Waals surface area contributed by atoms with Gasteiger partial charge >= 0.3 is 0 Å². The van der Waals surface area contributed by atoms with Gasteiger partial charge in [-0.05, 0) is 44.7 Å². The third-order valence-corrected chi connectivity index (χ3v) is 7.49. The van der Waals surface area contributed by atoms with E-state index >= 15 is 0 Å². The summed E-state index contributed by atoms with van der Waals surface area (Å²) in [4.78, 5) is 31.9. The van der Waals surface area contributed by atoms with Gasteiger partial charge in [0.2, 0.25) is 11.8 Å². The number of ether oxygens (including phenoxy) is 1. The van der Waals surface area contributed by atoms with Crippen LogP contribution in [0.4, 0.5) is 5.82 Å². The van der Waals surface area contributed by atoms with Crippen molar-refractivity contribution in [2.75, 3.05) is 50.8 Å². The first-order valence-electron chi connectivity index (χ1n) is 12.9. The molecule has 2 aliphatic heterocycles. The summed E-state index contributed by atoms with van der Waals surface area (Å²) in [6, 6.07) is 12.3. The molecule has 0 unspecified atom stereocenters. The molecule has 1 aliphatic carbocycles. The van der Waals surface area contributed by atoms with Crippen molar-refractivity contribution >= 4 is 17.6 Å². The molecule has 5 rings (SSSR count). The second-order valence-electron chi connectivity index (χ2n) is 9.99. The number of anilines is 1. The smallest absolute Gasteiger partial charge is 0.242 e. The number of rotatable bonds is 7. The Morgan fingerprint density at radius 3 is 2.34 bits per heavy atom. The largest absolute Gasteiger partial charge is 0.376 e. The second kappa shape index (κ2) is 10.7. The number of hydrogen-bond acceptors (Lipinski definition) is 6. The molecule has 0 bridgehead atoms. The van der Waals surface area contributed by atoms with Crippen LogP contribution in [-0.2, 0) is 14.3 Å². The molecule has 186 valence electrons. The van der Waals surface area contributed by atoms with Crippen LogP contribution in [0.2, 0.25) is 0 Å². The minimum atomic E-state index is 0.0242. The summed E-state index contributed by atoms with van der Waals surface area (Å²) in [7, 11) is 0. The molecule has 0 radical (unpaired) electrons. The molecule has 1 atom stereocenters. The van der Waals surface area contributed by atoms with Gasteiger partial charge < -0.3 is 19.4 Å². The fourth-order valence-corrected chi connectivity index (χ4v) is 5.00. The van der Waals surface area contributed by atoms with Gasteiger partial charge in [0.15, 0.2) is 5.82 Å². The van der Waals surface area contributed by atoms with E-state index in [2.05, 4.69) is 46.3 Å². The molecule has 2 amide bonds. The zero-order valence-electron chi connectivity index (χ0n) is 20.6.